The molecule has 0 bridgehead atoms. The number of hydrogen-bond acceptors (Lipinski definition) is 3. The second-order valence-electron chi connectivity index (χ2n) is 4.17. The monoisotopic (exact) mass is 262 g/mol. The van der Waals surface area contributed by atoms with E-state index in [-0.39, 0.29) is 6.61 Å². The molecule has 0 spiro atoms. The van der Waals surface area contributed by atoms with Crippen LogP contribution in [-0.2, 0) is 13.2 Å². The van der Waals surface area contributed by atoms with Crippen LogP contribution in [0.3, 0.4) is 0 Å². The molecule has 0 unspecified atom stereocenters. The first-order chi connectivity index (χ1) is 8.69. The van der Waals surface area contributed by atoms with E-state index >= 15 is 0 Å². The summed E-state index contributed by atoms with van der Waals surface area (Å²) in [4.78, 5) is 6.35. The highest BCUT2D eigenvalue weighted by Gasteiger charge is 2.03. The Labute approximate surface area is 112 Å². The molecule has 0 saturated carbocycles. The van der Waals surface area contributed by atoms with Crippen LogP contribution < -0.4 is 4.90 Å². The summed E-state index contributed by atoms with van der Waals surface area (Å²) in [5.41, 5.74) is 1.99. The number of aromatic nitrogens is 1. The van der Waals surface area contributed by atoms with Crippen LogP contribution in [-0.4, -0.2) is 17.1 Å². The molecule has 0 radical (unpaired) electrons. The van der Waals surface area contributed by atoms with Crippen molar-refractivity contribution in [1.29, 1.82) is 0 Å². The van der Waals surface area contributed by atoms with Gasteiger partial charge in [-0.3, -0.25) is 0 Å². The first-order valence-electron chi connectivity index (χ1n) is 5.70. The lowest BCUT2D eigenvalue weighted by molar-refractivity contribution is 0.281. The maximum absolute atomic E-state index is 8.96. The van der Waals surface area contributed by atoms with E-state index in [0.717, 1.165) is 22.9 Å². The molecule has 0 atom stereocenters. The summed E-state index contributed by atoms with van der Waals surface area (Å²) in [6.07, 6.45) is 1.69. The molecule has 1 aromatic carbocycles. The third-order valence-electron chi connectivity index (χ3n) is 2.72. The van der Waals surface area contributed by atoms with Crippen LogP contribution in [0.2, 0.25) is 5.02 Å². The molecule has 2 aromatic rings. The van der Waals surface area contributed by atoms with Crippen molar-refractivity contribution >= 4 is 17.4 Å². The quantitative estimate of drug-likeness (QED) is 0.921. The van der Waals surface area contributed by atoms with Crippen molar-refractivity contribution < 1.29 is 5.11 Å². The van der Waals surface area contributed by atoms with Crippen LogP contribution in [0.25, 0.3) is 0 Å². The molecule has 4 heteroatoms. The normalized spacial score (nSPS) is 10.4. The number of hydrogen-bond donors (Lipinski definition) is 1. The van der Waals surface area contributed by atoms with Gasteiger partial charge in [-0.15, -0.1) is 0 Å². The summed E-state index contributed by atoms with van der Waals surface area (Å²) in [6, 6.07) is 11.5. The summed E-state index contributed by atoms with van der Waals surface area (Å²) < 4.78 is 0. The third-order valence-corrected chi connectivity index (χ3v) is 2.97. The predicted octanol–water partition coefficient (Wildman–Crippen LogP) is 2.86. The zero-order chi connectivity index (χ0) is 13.0. The number of halogens is 1. The van der Waals surface area contributed by atoms with Crippen LogP contribution >= 0.6 is 11.6 Å². The molecule has 0 aliphatic heterocycles. The fraction of sp³-hybridized carbons (Fsp3) is 0.214. The smallest absolute Gasteiger partial charge is 0.128 e. The molecule has 1 N–H and O–H groups in total. The van der Waals surface area contributed by atoms with E-state index in [9.17, 15) is 0 Å². The third kappa shape index (κ3) is 3.22. The Bertz CT molecular complexity index is 496. The van der Waals surface area contributed by atoms with E-state index in [4.69, 9.17) is 16.7 Å². The standard InChI is InChI=1S/C14H15ClN2O/c1-17(9-11-2-5-13(15)6-3-11)14-7-4-12(10-18)8-16-14/h2-8,18H,9-10H2,1H3. The predicted molar refractivity (Wildman–Crippen MR) is 73.7 cm³/mol. The molecule has 1 aromatic heterocycles. The number of pyridine rings is 1. The van der Waals surface area contributed by atoms with Gasteiger partial charge in [0, 0.05) is 24.8 Å². The van der Waals surface area contributed by atoms with Crippen molar-refractivity contribution in [2.75, 3.05) is 11.9 Å². The Morgan fingerprint density at radius 2 is 1.78 bits per heavy atom. The number of benzene rings is 1. The zero-order valence-corrected chi connectivity index (χ0v) is 10.9. The molecular weight excluding hydrogens is 248 g/mol. The molecule has 3 nitrogen and oxygen atoms in total. The highest BCUT2D eigenvalue weighted by atomic mass is 35.5. The number of nitrogens with zero attached hydrogens (tertiary/aromatic N) is 2. The van der Waals surface area contributed by atoms with Crippen LogP contribution in [0, 0.1) is 0 Å². The summed E-state index contributed by atoms with van der Waals surface area (Å²) in [5, 5.41) is 9.70. The van der Waals surface area contributed by atoms with E-state index in [1.807, 2.05) is 48.3 Å². The van der Waals surface area contributed by atoms with Gasteiger partial charge in [-0.05, 0) is 29.3 Å². The number of aliphatic hydroxyl groups excluding tert-OH is 1. The summed E-state index contributed by atoms with van der Waals surface area (Å²) in [5.74, 6) is 0.877. The lowest BCUT2D eigenvalue weighted by Crippen LogP contribution is -2.17. The molecule has 94 valence electrons. The Morgan fingerprint density at radius 1 is 1.11 bits per heavy atom. The van der Waals surface area contributed by atoms with Crippen LogP contribution in [0.4, 0.5) is 5.82 Å². The van der Waals surface area contributed by atoms with Gasteiger partial charge in [-0.1, -0.05) is 29.8 Å². The minimum Gasteiger partial charge on any atom is -0.392 e. The van der Waals surface area contributed by atoms with Gasteiger partial charge in [0.15, 0.2) is 0 Å². The fourth-order valence-electron chi connectivity index (χ4n) is 1.68. The molecule has 2 rings (SSSR count). The van der Waals surface area contributed by atoms with Crippen molar-refractivity contribution in [2.45, 2.75) is 13.2 Å². The lowest BCUT2D eigenvalue weighted by atomic mass is 10.2. The van der Waals surface area contributed by atoms with Crippen molar-refractivity contribution in [3.8, 4) is 0 Å². The highest BCUT2D eigenvalue weighted by molar-refractivity contribution is 6.30. The van der Waals surface area contributed by atoms with Gasteiger partial charge in [0.2, 0.25) is 0 Å². The van der Waals surface area contributed by atoms with Crippen molar-refractivity contribution in [2.24, 2.45) is 0 Å². The topological polar surface area (TPSA) is 36.4 Å². The van der Waals surface area contributed by atoms with E-state index < -0.39 is 0 Å². The van der Waals surface area contributed by atoms with Crippen LogP contribution in [0.5, 0.6) is 0 Å². The second-order valence-corrected chi connectivity index (χ2v) is 4.60. The van der Waals surface area contributed by atoms with Crippen molar-refractivity contribution in [3.05, 3.63) is 58.7 Å². The van der Waals surface area contributed by atoms with Gasteiger partial charge >= 0.3 is 0 Å². The largest absolute Gasteiger partial charge is 0.392 e. The van der Waals surface area contributed by atoms with E-state index in [1.165, 1.54) is 5.56 Å². The Balaban J connectivity index is 2.06. The van der Waals surface area contributed by atoms with E-state index in [0.29, 0.717) is 0 Å². The van der Waals surface area contributed by atoms with Gasteiger partial charge in [-0.2, -0.15) is 0 Å². The molecule has 1 heterocycles. The number of aliphatic hydroxyl groups is 1. The lowest BCUT2D eigenvalue weighted by Gasteiger charge is -2.18. The number of anilines is 1. The van der Waals surface area contributed by atoms with Gasteiger partial charge < -0.3 is 10.0 Å². The molecule has 0 aliphatic carbocycles. The maximum Gasteiger partial charge on any atom is 0.128 e. The minimum atomic E-state index is 0.0220. The van der Waals surface area contributed by atoms with Gasteiger partial charge in [0.05, 0.1) is 6.61 Å². The SMILES string of the molecule is CN(Cc1ccc(Cl)cc1)c1ccc(CO)cn1. The Morgan fingerprint density at radius 3 is 2.33 bits per heavy atom. The van der Waals surface area contributed by atoms with E-state index in [2.05, 4.69) is 4.98 Å². The van der Waals surface area contributed by atoms with Crippen LogP contribution in [0.1, 0.15) is 11.1 Å². The van der Waals surface area contributed by atoms with Crippen molar-refractivity contribution in [1.82, 2.24) is 4.98 Å². The molecular formula is C14H15ClN2O. The van der Waals surface area contributed by atoms with E-state index in [1.54, 1.807) is 6.20 Å². The fourth-order valence-corrected chi connectivity index (χ4v) is 1.81. The minimum absolute atomic E-state index is 0.0220. The summed E-state index contributed by atoms with van der Waals surface area (Å²) in [6.45, 7) is 0.789. The first-order valence-corrected chi connectivity index (χ1v) is 6.08. The zero-order valence-electron chi connectivity index (χ0n) is 10.2. The summed E-state index contributed by atoms with van der Waals surface area (Å²) >= 11 is 5.85. The average molecular weight is 263 g/mol. The van der Waals surface area contributed by atoms with Crippen molar-refractivity contribution in [3.63, 3.8) is 0 Å². The van der Waals surface area contributed by atoms with Gasteiger partial charge in [-0.25, -0.2) is 4.98 Å². The van der Waals surface area contributed by atoms with Crippen LogP contribution in [0.15, 0.2) is 42.6 Å². The van der Waals surface area contributed by atoms with Gasteiger partial charge in [0.25, 0.3) is 0 Å². The molecule has 0 amide bonds. The second kappa shape index (κ2) is 5.85. The molecule has 0 aliphatic rings. The summed E-state index contributed by atoms with van der Waals surface area (Å²) in [7, 11) is 1.98. The number of rotatable bonds is 4. The maximum atomic E-state index is 8.96. The average Bonchev–Trinajstić information content (AvgIpc) is 2.41. The molecule has 0 saturated heterocycles. The Kier molecular flexibility index (Phi) is 4.18. The molecule has 0 fully saturated rings. The highest BCUT2D eigenvalue weighted by Crippen LogP contribution is 2.15. The Hall–Kier alpha value is -1.58. The molecule has 18 heavy (non-hydrogen) atoms. The van der Waals surface area contributed by atoms with Gasteiger partial charge in [0.1, 0.15) is 5.82 Å². The first kappa shape index (κ1) is 12.9.